The van der Waals surface area contributed by atoms with Crippen molar-refractivity contribution in [2.75, 3.05) is 6.54 Å². The van der Waals surface area contributed by atoms with Gasteiger partial charge in [-0.1, -0.05) is 36.8 Å². The molecule has 19 heavy (non-hydrogen) atoms. The van der Waals surface area contributed by atoms with Gasteiger partial charge in [-0.15, -0.1) is 0 Å². The number of nitrogens with two attached hydrogens (primary N) is 2. The fourth-order valence-electron chi connectivity index (χ4n) is 2.56. The van der Waals surface area contributed by atoms with Crippen molar-refractivity contribution in [3.05, 3.63) is 35.4 Å². The lowest BCUT2D eigenvalue weighted by molar-refractivity contribution is -0.124. The topological polar surface area (TPSA) is 72.4 Å². The second-order valence-electron chi connectivity index (χ2n) is 4.95. The molecule has 0 aromatic heterocycles. The number of thiocarbonyl (C=S) groups is 1. The molecule has 1 amide bonds. The predicted molar refractivity (Wildman–Crippen MR) is 79.6 cm³/mol. The van der Waals surface area contributed by atoms with Crippen LogP contribution in [0.15, 0.2) is 24.3 Å². The Balaban J connectivity index is 2.12. The summed E-state index contributed by atoms with van der Waals surface area (Å²) in [6.45, 7) is 1.62. The first-order chi connectivity index (χ1) is 9.08. The number of piperidine rings is 1. The molecule has 0 radical (unpaired) electrons. The zero-order chi connectivity index (χ0) is 13.8. The zero-order valence-electron chi connectivity index (χ0n) is 10.8. The van der Waals surface area contributed by atoms with Gasteiger partial charge in [-0.05, 0) is 31.0 Å². The van der Waals surface area contributed by atoms with Gasteiger partial charge in [-0.3, -0.25) is 9.69 Å². The first-order valence-electron chi connectivity index (χ1n) is 6.50. The number of primary amides is 1. The van der Waals surface area contributed by atoms with Crippen molar-refractivity contribution in [2.45, 2.75) is 31.8 Å². The van der Waals surface area contributed by atoms with Crippen LogP contribution >= 0.6 is 12.2 Å². The second-order valence-corrected chi connectivity index (χ2v) is 5.39. The molecule has 4 N–H and O–H groups in total. The van der Waals surface area contributed by atoms with Gasteiger partial charge >= 0.3 is 0 Å². The maximum atomic E-state index is 11.5. The SMILES string of the molecule is NC(=O)C1CCCCN1Cc1cccc(C(N)=S)c1. The maximum Gasteiger partial charge on any atom is 0.234 e. The zero-order valence-corrected chi connectivity index (χ0v) is 11.7. The van der Waals surface area contributed by atoms with E-state index in [-0.39, 0.29) is 11.9 Å². The number of hydrogen-bond donors (Lipinski definition) is 2. The van der Waals surface area contributed by atoms with E-state index in [0.717, 1.165) is 36.9 Å². The number of carbonyl (C=O) groups is 1. The fourth-order valence-corrected chi connectivity index (χ4v) is 2.69. The highest BCUT2D eigenvalue weighted by atomic mass is 32.1. The Labute approximate surface area is 118 Å². The van der Waals surface area contributed by atoms with Crippen LogP contribution in [-0.4, -0.2) is 28.4 Å². The highest BCUT2D eigenvalue weighted by Gasteiger charge is 2.26. The Morgan fingerprint density at radius 2 is 2.16 bits per heavy atom. The number of likely N-dealkylation sites (tertiary alicyclic amines) is 1. The number of nitrogens with zero attached hydrogens (tertiary/aromatic N) is 1. The summed E-state index contributed by atoms with van der Waals surface area (Å²) in [6, 6.07) is 7.69. The van der Waals surface area contributed by atoms with E-state index in [0.29, 0.717) is 11.5 Å². The molecule has 0 aliphatic carbocycles. The number of benzene rings is 1. The van der Waals surface area contributed by atoms with E-state index in [9.17, 15) is 4.79 Å². The Bertz CT molecular complexity index is 489. The van der Waals surface area contributed by atoms with Crippen LogP contribution in [0.2, 0.25) is 0 Å². The Morgan fingerprint density at radius 1 is 1.37 bits per heavy atom. The van der Waals surface area contributed by atoms with E-state index in [1.807, 2.05) is 24.3 Å². The molecular formula is C14H19N3OS. The van der Waals surface area contributed by atoms with Crippen LogP contribution < -0.4 is 11.5 Å². The first kappa shape index (κ1) is 14.0. The molecule has 0 bridgehead atoms. The van der Waals surface area contributed by atoms with Gasteiger partial charge in [-0.25, -0.2) is 0 Å². The first-order valence-corrected chi connectivity index (χ1v) is 6.91. The molecule has 1 unspecified atom stereocenters. The van der Waals surface area contributed by atoms with E-state index in [1.165, 1.54) is 0 Å². The molecule has 1 atom stereocenters. The lowest BCUT2D eigenvalue weighted by atomic mass is 10.0. The molecule has 1 aromatic carbocycles. The van der Waals surface area contributed by atoms with Gasteiger partial charge in [-0.2, -0.15) is 0 Å². The van der Waals surface area contributed by atoms with Crippen LogP contribution in [0, 0.1) is 0 Å². The molecule has 1 aromatic rings. The van der Waals surface area contributed by atoms with Crippen LogP contribution in [0.25, 0.3) is 0 Å². The summed E-state index contributed by atoms with van der Waals surface area (Å²) in [7, 11) is 0. The van der Waals surface area contributed by atoms with Gasteiger partial charge in [0.25, 0.3) is 0 Å². The number of carbonyl (C=O) groups excluding carboxylic acids is 1. The molecular weight excluding hydrogens is 258 g/mol. The standard InChI is InChI=1S/C14H19N3OS/c15-13(18)12-6-1-2-7-17(12)9-10-4-3-5-11(8-10)14(16)19/h3-5,8,12H,1-2,6-7,9H2,(H2,15,18)(H2,16,19). The lowest BCUT2D eigenvalue weighted by Crippen LogP contribution is -2.47. The van der Waals surface area contributed by atoms with Crippen molar-refractivity contribution in [3.63, 3.8) is 0 Å². The lowest BCUT2D eigenvalue weighted by Gasteiger charge is -2.33. The number of hydrogen-bond acceptors (Lipinski definition) is 3. The summed E-state index contributed by atoms with van der Waals surface area (Å²) in [5.41, 5.74) is 13.1. The van der Waals surface area contributed by atoms with Crippen LogP contribution in [0.4, 0.5) is 0 Å². The summed E-state index contributed by atoms with van der Waals surface area (Å²) < 4.78 is 0. The molecule has 0 spiro atoms. The van der Waals surface area contributed by atoms with Crippen LogP contribution in [0.5, 0.6) is 0 Å². The molecule has 2 rings (SSSR count). The van der Waals surface area contributed by atoms with E-state index in [4.69, 9.17) is 23.7 Å². The molecule has 1 aliphatic rings. The van der Waals surface area contributed by atoms with Crippen LogP contribution in [-0.2, 0) is 11.3 Å². The van der Waals surface area contributed by atoms with Crippen molar-refractivity contribution in [1.82, 2.24) is 4.90 Å². The molecule has 4 nitrogen and oxygen atoms in total. The Hall–Kier alpha value is -1.46. The summed E-state index contributed by atoms with van der Waals surface area (Å²) in [6.07, 6.45) is 3.03. The summed E-state index contributed by atoms with van der Waals surface area (Å²) in [5, 5.41) is 0. The van der Waals surface area contributed by atoms with Crippen LogP contribution in [0.1, 0.15) is 30.4 Å². The number of amides is 1. The van der Waals surface area contributed by atoms with Crippen molar-refractivity contribution in [3.8, 4) is 0 Å². The van der Waals surface area contributed by atoms with Gasteiger partial charge in [0.05, 0.1) is 6.04 Å². The summed E-state index contributed by atoms with van der Waals surface area (Å²) >= 11 is 4.98. The quantitative estimate of drug-likeness (QED) is 0.810. The van der Waals surface area contributed by atoms with Gasteiger partial charge in [0.1, 0.15) is 4.99 Å². The molecule has 1 saturated heterocycles. The summed E-state index contributed by atoms with van der Waals surface area (Å²) in [4.78, 5) is 14.0. The average Bonchev–Trinajstić information content (AvgIpc) is 2.39. The maximum absolute atomic E-state index is 11.5. The minimum absolute atomic E-state index is 0.151. The van der Waals surface area contributed by atoms with Crippen molar-refractivity contribution in [1.29, 1.82) is 0 Å². The number of rotatable bonds is 4. The van der Waals surface area contributed by atoms with E-state index >= 15 is 0 Å². The molecule has 0 saturated carbocycles. The van der Waals surface area contributed by atoms with Gasteiger partial charge < -0.3 is 11.5 Å². The highest BCUT2D eigenvalue weighted by molar-refractivity contribution is 7.80. The Morgan fingerprint density at radius 3 is 2.84 bits per heavy atom. The Kier molecular flexibility index (Phi) is 4.50. The smallest absolute Gasteiger partial charge is 0.234 e. The van der Waals surface area contributed by atoms with Crippen molar-refractivity contribution in [2.24, 2.45) is 11.5 Å². The summed E-state index contributed by atoms with van der Waals surface area (Å²) in [5.74, 6) is -0.231. The predicted octanol–water partition coefficient (Wildman–Crippen LogP) is 1.16. The van der Waals surface area contributed by atoms with E-state index in [2.05, 4.69) is 4.90 Å². The fraction of sp³-hybridized carbons (Fsp3) is 0.429. The van der Waals surface area contributed by atoms with Crippen LogP contribution in [0.3, 0.4) is 0 Å². The largest absolute Gasteiger partial charge is 0.389 e. The van der Waals surface area contributed by atoms with Crippen molar-refractivity contribution < 1.29 is 4.79 Å². The monoisotopic (exact) mass is 277 g/mol. The molecule has 1 heterocycles. The third-order valence-corrected chi connectivity index (χ3v) is 3.77. The third-order valence-electron chi connectivity index (χ3n) is 3.54. The highest BCUT2D eigenvalue weighted by Crippen LogP contribution is 2.19. The van der Waals surface area contributed by atoms with Gasteiger partial charge in [0, 0.05) is 12.1 Å². The third kappa shape index (κ3) is 3.52. The average molecular weight is 277 g/mol. The molecule has 1 fully saturated rings. The van der Waals surface area contributed by atoms with E-state index in [1.54, 1.807) is 0 Å². The molecule has 102 valence electrons. The molecule has 5 heteroatoms. The van der Waals surface area contributed by atoms with Crippen molar-refractivity contribution >= 4 is 23.1 Å². The molecule has 1 aliphatic heterocycles. The van der Waals surface area contributed by atoms with Gasteiger partial charge in [0.15, 0.2) is 0 Å². The normalized spacial score (nSPS) is 20.1. The minimum atomic E-state index is -0.231. The van der Waals surface area contributed by atoms with E-state index < -0.39 is 0 Å². The van der Waals surface area contributed by atoms with Gasteiger partial charge in [0.2, 0.25) is 5.91 Å². The minimum Gasteiger partial charge on any atom is -0.389 e. The second kappa shape index (κ2) is 6.12.